The molecule has 12 nitrogen and oxygen atoms in total. The molecular formula is C70H94N4O8S4. The topological polar surface area (TPSA) is 183 Å². The summed E-state index contributed by atoms with van der Waals surface area (Å²) < 4.78 is 23.2. The fourth-order valence-electron chi connectivity index (χ4n) is 18.8. The Bertz CT molecular complexity index is 2720. The second-order valence-corrected chi connectivity index (χ2v) is 32.5. The standard InChI is InChI=1S/C70H94N4O8S4/c1-45(53-23-25-55-51-21-19-47-41-49(29-33-67(47,3)57(51)31-35-69(53,55)5)81-65(77)59(71)43-83-85-61-15-9-11-37-73-61)17-27-63(75)79-39-13-7-8-14-40-80-64(76)28-18-46(2)54-24-26-56-52-22-20-48-42-50(30-34-68(48,4)58(52)32-36-70(54,56)6)82-66(78)60(72)44-84-86-62-16-10-12-38-74-62/h9-12,15-16,19-20,37-38,45-46,49-60H,17-18,21-36,39-44,71-72H2,1-6H3/t45-,46-,49+,50+,51+,52+,53-,54-,55+,56+,57+,58+,59+,60+,67+,68+,69-,70-/m1/s1. The zero-order valence-corrected chi connectivity index (χ0v) is 55.0. The van der Waals surface area contributed by atoms with Crippen LogP contribution in [-0.4, -0.2) is 82.9 Å². The molecule has 0 amide bonds. The van der Waals surface area contributed by atoms with Crippen LogP contribution < -0.4 is 11.5 Å². The van der Waals surface area contributed by atoms with E-state index in [1.54, 1.807) is 12.4 Å². The third-order valence-corrected chi connectivity index (χ3v) is 27.9. The Morgan fingerprint density at radius 2 is 1.01 bits per heavy atom. The van der Waals surface area contributed by atoms with Gasteiger partial charge in [0.15, 0.2) is 13.2 Å². The van der Waals surface area contributed by atoms with E-state index >= 15 is 0 Å². The fraction of sp³-hybridized carbons (Fsp3) is 0.686. The third kappa shape index (κ3) is 14.6. The van der Waals surface area contributed by atoms with Crippen molar-refractivity contribution >= 4 is 67.1 Å². The smallest absolute Gasteiger partial charge is 0.324 e. The minimum absolute atomic E-state index is 0.00863. The Kier molecular flexibility index (Phi) is 21.9. The second-order valence-electron chi connectivity index (χ2n) is 27.8. The highest BCUT2D eigenvalue weighted by atomic mass is 33.1. The molecule has 0 radical (unpaired) electrons. The van der Waals surface area contributed by atoms with Crippen LogP contribution in [0.1, 0.15) is 170 Å². The van der Waals surface area contributed by atoms with Crippen molar-refractivity contribution in [3.8, 4) is 23.7 Å². The Morgan fingerprint density at radius 1 is 0.581 bits per heavy atom. The number of allylic oxidation sites excluding steroid dienone is 2. The maximum atomic E-state index is 13.1. The van der Waals surface area contributed by atoms with Crippen LogP contribution >= 0.6 is 43.2 Å². The lowest BCUT2D eigenvalue weighted by Crippen LogP contribution is -2.51. The number of rotatable bonds is 22. The van der Waals surface area contributed by atoms with E-state index in [1.165, 1.54) is 106 Å². The number of hydrogen-bond donors (Lipinski definition) is 2. The maximum absolute atomic E-state index is 13.1. The molecule has 0 bridgehead atoms. The lowest BCUT2D eigenvalue weighted by molar-refractivity contribution is -0.153. The van der Waals surface area contributed by atoms with Crippen molar-refractivity contribution in [2.75, 3.05) is 24.7 Å². The van der Waals surface area contributed by atoms with Crippen molar-refractivity contribution in [1.29, 1.82) is 0 Å². The molecule has 8 aliphatic carbocycles. The zero-order valence-electron chi connectivity index (χ0n) is 51.8. The normalized spacial score (nSPS) is 34.5. The molecule has 10 rings (SSSR count). The summed E-state index contributed by atoms with van der Waals surface area (Å²) in [5.41, 5.74) is 16.4. The lowest BCUT2D eigenvalue weighted by atomic mass is 9.47. The van der Waals surface area contributed by atoms with Gasteiger partial charge >= 0.3 is 23.9 Å². The predicted molar refractivity (Wildman–Crippen MR) is 345 cm³/mol. The fourth-order valence-corrected chi connectivity index (χ4v) is 22.8. The third-order valence-electron chi connectivity index (χ3n) is 23.3. The van der Waals surface area contributed by atoms with Crippen molar-refractivity contribution in [2.45, 2.75) is 204 Å². The average molecular weight is 1250 g/mol. The molecule has 0 spiro atoms. The Balaban J connectivity index is 0.592. The zero-order chi connectivity index (χ0) is 60.6. The summed E-state index contributed by atoms with van der Waals surface area (Å²) in [7, 11) is 6.12. The van der Waals surface area contributed by atoms with Crippen LogP contribution in [0.4, 0.5) is 0 Å². The highest BCUT2D eigenvalue weighted by Crippen LogP contribution is 2.69. The summed E-state index contributed by atoms with van der Waals surface area (Å²) >= 11 is 0. The summed E-state index contributed by atoms with van der Waals surface area (Å²) in [6, 6.07) is 10.2. The molecule has 2 aromatic rings. The summed E-state index contributed by atoms with van der Waals surface area (Å²) in [6.07, 6.45) is 28.2. The average Bonchev–Trinajstić information content (AvgIpc) is 1.63. The molecule has 466 valence electrons. The van der Waals surface area contributed by atoms with Crippen LogP contribution in [-0.2, 0) is 38.1 Å². The number of fused-ring (bicyclic) bond motifs is 10. The van der Waals surface area contributed by atoms with Crippen molar-refractivity contribution in [3.63, 3.8) is 0 Å². The minimum atomic E-state index is -0.666. The van der Waals surface area contributed by atoms with Crippen LogP contribution in [0.5, 0.6) is 0 Å². The highest BCUT2D eigenvalue weighted by Gasteiger charge is 2.61. The number of ether oxygens (including phenoxy) is 4. The molecule has 2 heterocycles. The van der Waals surface area contributed by atoms with Crippen LogP contribution in [0.25, 0.3) is 0 Å². The number of nitrogens with zero attached hydrogens (tertiary/aromatic N) is 2. The van der Waals surface area contributed by atoms with Gasteiger partial charge in [-0.15, -0.1) is 0 Å². The molecule has 16 heteroatoms. The first kappa shape index (κ1) is 65.1. The molecule has 0 aliphatic heterocycles. The van der Waals surface area contributed by atoms with Crippen molar-refractivity contribution in [2.24, 2.45) is 92.3 Å². The van der Waals surface area contributed by atoms with Crippen LogP contribution in [0.3, 0.4) is 0 Å². The van der Waals surface area contributed by atoms with E-state index in [2.05, 4.69) is 87.3 Å². The van der Waals surface area contributed by atoms with E-state index in [4.69, 9.17) is 30.4 Å². The Hall–Kier alpha value is -3.90. The molecule has 18 atom stereocenters. The van der Waals surface area contributed by atoms with Crippen LogP contribution in [0.2, 0.25) is 0 Å². The molecule has 0 saturated heterocycles. The van der Waals surface area contributed by atoms with Gasteiger partial charge in [-0.3, -0.25) is 19.2 Å². The van der Waals surface area contributed by atoms with Gasteiger partial charge in [0, 0.05) is 49.6 Å². The molecular weight excluding hydrogens is 1150 g/mol. The van der Waals surface area contributed by atoms with Gasteiger partial charge in [-0.1, -0.05) is 98.6 Å². The monoisotopic (exact) mass is 1250 g/mol. The number of pyridine rings is 2. The van der Waals surface area contributed by atoms with Gasteiger partial charge in [0.2, 0.25) is 0 Å². The van der Waals surface area contributed by atoms with Gasteiger partial charge in [0.25, 0.3) is 0 Å². The number of esters is 4. The number of carbonyl (C=O) groups excluding carboxylic acids is 4. The molecule has 0 unspecified atom stereocenters. The van der Waals surface area contributed by atoms with E-state index in [0.29, 0.717) is 83.5 Å². The van der Waals surface area contributed by atoms with E-state index < -0.39 is 12.1 Å². The molecule has 4 N–H and O–H groups in total. The van der Waals surface area contributed by atoms with Gasteiger partial charge in [-0.25, -0.2) is 9.97 Å². The van der Waals surface area contributed by atoms with E-state index in [1.807, 2.05) is 36.4 Å². The van der Waals surface area contributed by atoms with Gasteiger partial charge in [0.05, 0.1) is 0 Å². The first-order valence-electron chi connectivity index (χ1n) is 32.4. The van der Waals surface area contributed by atoms with Gasteiger partial charge < -0.3 is 30.4 Å². The SMILES string of the molecule is C[C@H](CCC(=O)OCC#CC#CCOC(=O)CC[C@@H](C)[C@H]1CC[C@H]2[C@@H]3CC=C4C[C@@H](OC(=O)[C@@H](N)CSSc5ccccn5)CC[C@]4(C)[C@H]3CC[C@]12C)[C@H]1CC[C@H]2[C@@H]3CC=C4C[C@@H](OC(=O)[C@@H](N)CSSc5ccccn5)CC[C@]4(C)[C@H]3CC[C@]12C. The van der Waals surface area contributed by atoms with Crippen molar-refractivity contribution in [3.05, 3.63) is 72.1 Å². The molecule has 2 aromatic heterocycles. The summed E-state index contributed by atoms with van der Waals surface area (Å²) in [4.78, 5) is 60.7. The Labute approximate surface area is 528 Å². The number of hydrogen-bond acceptors (Lipinski definition) is 16. The number of nitrogens with two attached hydrogens (primary N) is 2. The van der Waals surface area contributed by atoms with Gasteiger partial charge in [-0.05, 0) is 253 Å². The van der Waals surface area contributed by atoms with E-state index in [-0.39, 0.29) is 71.0 Å². The van der Waals surface area contributed by atoms with Crippen molar-refractivity contribution < 1.29 is 38.1 Å². The first-order chi connectivity index (χ1) is 41.4. The predicted octanol–water partition coefficient (Wildman–Crippen LogP) is 14.2. The second kappa shape index (κ2) is 28.9. The highest BCUT2D eigenvalue weighted by molar-refractivity contribution is 8.77. The largest absolute Gasteiger partial charge is 0.461 e. The molecule has 86 heavy (non-hydrogen) atoms. The molecule has 6 fully saturated rings. The quantitative estimate of drug-likeness (QED) is 0.0373. The number of aromatic nitrogens is 2. The minimum Gasteiger partial charge on any atom is -0.461 e. The lowest BCUT2D eigenvalue weighted by Gasteiger charge is -2.58. The molecule has 0 aromatic carbocycles. The Morgan fingerprint density at radius 3 is 1.42 bits per heavy atom. The first-order valence-corrected chi connectivity index (χ1v) is 37.0. The summed E-state index contributed by atoms with van der Waals surface area (Å²) in [5.74, 6) is 17.1. The van der Waals surface area contributed by atoms with E-state index in [9.17, 15) is 19.2 Å². The van der Waals surface area contributed by atoms with Crippen LogP contribution in [0.15, 0.2) is 82.1 Å². The number of carbonyl (C=O) groups is 4. The van der Waals surface area contributed by atoms with Gasteiger partial charge in [0.1, 0.15) is 34.3 Å². The maximum Gasteiger partial charge on any atom is 0.324 e. The van der Waals surface area contributed by atoms with E-state index in [0.717, 1.165) is 74.3 Å². The molecule has 8 aliphatic rings. The summed E-state index contributed by atoms with van der Waals surface area (Å²) in [6.45, 7) is 14.7. The van der Waals surface area contributed by atoms with Crippen LogP contribution in [0, 0.1) is 105 Å². The molecule has 6 saturated carbocycles. The van der Waals surface area contributed by atoms with Gasteiger partial charge in [-0.2, -0.15) is 0 Å². The van der Waals surface area contributed by atoms with Crippen molar-refractivity contribution in [1.82, 2.24) is 9.97 Å². The summed E-state index contributed by atoms with van der Waals surface area (Å²) in [5, 5.41) is 1.79.